The van der Waals surface area contributed by atoms with Gasteiger partial charge in [0.05, 0.1) is 64.0 Å². The third-order valence-corrected chi connectivity index (χ3v) is 4.31. The Morgan fingerprint density at radius 1 is 0.471 bits per heavy atom. The summed E-state index contributed by atoms with van der Waals surface area (Å²) in [6.45, 7) is 4.17. The lowest BCUT2D eigenvalue weighted by molar-refractivity contribution is -0.00699. The van der Waals surface area contributed by atoms with Crippen molar-refractivity contribution in [1.82, 2.24) is 0 Å². The number of carbonyl (C=O) groups is 2. The number of rotatable bonds is 19. The summed E-state index contributed by atoms with van der Waals surface area (Å²) in [5.41, 5.74) is 0.428. The number of benzene rings is 2. The van der Waals surface area contributed by atoms with Gasteiger partial charge >= 0.3 is 11.9 Å². The molecule has 0 aliphatic carbocycles. The Kier molecular flexibility index (Phi) is 13.1. The molecule has 2 aromatic rings. The number of hydrogen-bond acceptors (Lipinski definition) is 8. The Bertz CT molecular complexity index is 764. The Morgan fingerprint density at radius 3 is 1.00 bits per heavy atom. The van der Waals surface area contributed by atoms with Gasteiger partial charge in [-0.05, 0) is 48.5 Å². The van der Waals surface area contributed by atoms with Crippen LogP contribution in [0.25, 0.3) is 0 Å². The normalized spacial score (nSPS) is 10.7. The predicted octanol–water partition coefficient (Wildman–Crippen LogP) is 2.61. The highest BCUT2D eigenvalue weighted by Crippen LogP contribution is 2.12. The summed E-state index contributed by atoms with van der Waals surface area (Å²) in [6.07, 6.45) is 0. The molecule has 0 aliphatic rings. The molecule has 0 aromatic heterocycles. The van der Waals surface area contributed by atoms with Gasteiger partial charge in [0.15, 0.2) is 0 Å². The van der Waals surface area contributed by atoms with Crippen LogP contribution in [-0.2, 0) is 18.9 Å². The van der Waals surface area contributed by atoms with E-state index in [1.54, 1.807) is 24.3 Å². The van der Waals surface area contributed by atoms with Gasteiger partial charge in [0.1, 0.15) is 24.7 Å². The standard InChI is InChI=1S/C24H30O10/c25-23(26)19-1-5-21(6-2-19)33-17-15-31-13-11-29-9-10-30-12-14-32-16-18-34-22-7-3-20(4-8-22)24(27)28/h1-8H,9-18H2,(H,25,26)(H,27,28). The zero-order valence-electron chi connectivity index (χ0n) is 18.9. The first kappa shape index (κ1) is 27.1. The molecule has 0 atom stereocenters. The Hall–Kier alpha value is -3.18. The molecule has 2 N–H and O–H groups in total. The molecule has 2 aromatic carbocycles. The summed E-state index contributed by atoms with van der Waals surface area (Å²) < 4.78 is 32.6. The molecule has 0 amide bonds. The monoisotopic (exact) mass is 478 g/mol. The van der Waals surface area contributed by atoms with Crippen molar-refractivity contribution in [3.05, 3.63) is 59.7 Å². The van der Waals surface area contributed by atoms with E-state index in [0.29, 0.717) is 77.6 Å². The highest BCUT2D eigenvalue weighted by atomic mass is 16.6. The average molecular weight is 478 g/mol. The summed E-state index contributed by atoms with van der Waals surface area (Å²) in [6, 6.07) is 12.4. The minimum Gasteiger partial charge on any atom is -0.491 e. The molecule has 10 nitrogen and oxygen atoms in total. The molecule has 0 saturated heterocycles. The lowest BCUT2D eigenvalue weighted by Crippen LogP contribution is -2.14. The molecule has 2 rings (SSSR count). The van der Waals surface area contributed by atoms with Crippen molar-refractivity contribution in [2.45, 2.75) is 0 Å². The van der Waals surface area contributed by atoms with E-state index in [1.807, 2.05) is 0 Å². The molecule has 0 heterocycles. The van der Waals surface area contributed by atoms with Crippen LogP contribution in [0.1, 0.15) is 20.7 Å². The lowest BCUT2D eigenvalue weighted by Gasteiger charge is -2.09. The van der Waals surface area contributed by atoms with Crippen molar-refractivity contribution in [2.75, 3.05) is 66.1 Å². The first-order valence-corrected chi connectivity index (χ1v) is 10.8. The van der Waals surface area contributed by atoms with Crippen LogP contribution in [0.3, 0.4) is 0 Å². The number of carboxylic acids is 2. The molecule has 186 valence electrons. The molecule has 0 bridgehead atoms. The van der Waals surface area contributed by atoms with Crippen LogP contribution in [0.15, 0.2) is 48.5 Å². The van der Waals surface area contributed by atoms with Crippen molar-refractivity contribution in [3.63, 3.8) is 0 Å². The second-order valence-electron chi connectivity index (χ2n) is 6.81. The van der Waals surface area contributed by atoms with Crippen LogP contribution in [0, 0.1) is 0 Å². The van der Waals surface area contributed by atoms with Gasteiger partial charge in [-0.1, -0.05) is 0 Å². The molecule has 0 fully saturated rings. The van der Waals surface area contributed by atoms with Gasteiger partial charge in [-0.2, -0.15) is 0 Å². The van der Waals surface area contributed by atoms with Crippen molar-refractivity contribution >= 4 is 11.9 Å². The van der Waals surface area contributed by atoms with Crippen molar-refractivity contribution < 1.29 is 48.2 Å². The topological polar surface area (TPSA) is 130 Å². The minimum absolute atomic E-state index is 0.214. The molecule has 34 heavy (non-hydrogen) atoms. The van der Waals surface area contributed by atoms with Gasteiger partial charge in [-0.15, -0.1) is 0 Å². The summed E-state index contributed by atoms with van der Waals surface area (Å²) in [4.78, 5) is 21.6. The third kappa shape index (κ3) is 11.6. The van der Waals surface area contributed by atoms with Gasteiger partial charge < -0.3 is 38.6 Å². The Morgan fingerprint density at radius 2 is 0.735 bits per heavy atom. The highest BCUT2D eigenvalue weighted by Gasteiger charge is 2.03. The quantitative estimate of drug-likeness (QED) is 0.291. The van der Waals surface area contributed by atoms with Crippen molar-refractivity contribution in [3.8, 4) is 11.5 Å². The van der Waals surface area contributed by atoms with Gasteiger partial charge in [0.25, 0.3) is 0 Å². The van der Waals surface area contributed by atoms with Crippen LogP contribution in [-0.4, -0.2) is 88.2 Å². The summed E-state index contributed by atoms with van der Waals surface area (Å²) >= 11 is 0. The van der Waals surface area contributed by atoms with Gasteiger partial charge in [0.2, 0.25) is 0 Å². The molecular weight excluding hydrogens is 448 g/mol. The van der Waals surface area contributed by atoms with E-state index in [1.165, 1.54) is 24.3 Å². The summed E-state index contributed by atoms with van der Waals surface area (Å²) in [5, 5.41) is 17.7. The van der Waals surface area contributed by atoms with E-state index in [-0.39, 0.29) is 11.1 Å². The van der Waals surface area contributed by atoms with E-state index in [2.05, 4.69) is 0 Å². The smallest absolute Gasteiger partial charge is 0.335 e. The molecule has 0 radical (unpaired) electrons. The first-order chi connectivity index (χ1) is 16.6. The zero-order valence-corrected chi connectivity index (χ0v) is 18.9. The van der Waals surface area contributed by atoms with Crippen LogP contribution in [0.5, 0.6) is 11.5 Å². The largest absolute Gasteiger partial charge is 0.491 e. The van der Waals surface area contributed by atoms with E-state index in [4.69, 9.17) is 38.6 Å². The third-order valence-electron chi connectivity index (χ3n) is 4.31. The summed E-state index contributed by atoms with van der Waals surface area (Å²) in [7, 11) is 0. The molecule has 0 unspecified atom stereocenters. The molecule has 0 aliphatic heterocycles. The van der Waals surface area contributed by atoms with Crippen LogP contribution >= 0.6 is 0 Å². The van der Waals surface area contributed by atoms with Crippen LogP contribution < -0.4 is 9.47 Å². The van der Waals surface area contributed by atoms with Gasteiger partial charge in [-0.25, -0.2) is 9.59 Å². The number of ether oxygens (including phenoxy) is 6. The maximum Gasteiger partial charge on any atom is 0.335 e. The van der Waals surface area contributed by atoms with Crippen LogP contribution in [0.4, 0.5) is 0 Å². The van der Waals surface area contributed by atoms with E-state index < -0.39 is 11.9 Å². The van der Waals surface area contributed by atoms with E-state index >= 15 is 0 Å². The van der Waals surface area contributed by atoms with Crippen molar-refractivity contribution in [1.29, 1.82) is 0 Å². The zero-order chi connectivity index (χ0) is 24.4. The number of carboxylic acid groups (broad SMARTS) is 2. The SMILES string of the molecule is O=C(O)c1ccc(OCCOCCOCCOCCOCCOc2ccc(C(=O)O)cc2)cc1. The minimum atomic E-state index is -0.973. The predicted molar refractivity (Wildman–Crippen MR) is 121 cm³/mol. The van der Waals surface area contributed by atoms with E-state index in [0.717, 1.165) is 0 Å². The average Bonchev–Trinajstić information content (AvgIpc) is 2.84. The van der Waals surface area contributed by atoms with Gasteiger partial charge in [0, 0.05) is 0 Å². The highest BCUT2D eigenvalue weighted by molar-refractivity contribution is 5.88. The van der Waals surface area contributed by atoms with E-state index in [9.17, 15) is 9.59 Å². The maximum absolute atomic E-state index is 10.8. The fourth-order valence-corrected chi connectivity index (χ4v) is 2.59. The number of aromatic carboxylic acids is 2. The van der Waals surface area contributed by atoms with Gasteiger partial charge in [-0.3, -0.25) is 0 Å². The Balaban J connectivity index is 1.31. The molecular formula is C24H30O10. The fourth-order valence-electron chi connectivity index (χ4n) is 2.59. The fraction of sp³-hybridized carbons (Fsp3) is 0.417. The second kappa shape index (κ2) is 16.4. The summed E-state index contributed by atoms with van der Waals surface area (Å²) in [5.74, 6) is -0.768. The molecule has 0 spiro atoms. The van der Waals surface area contributed by atoms with Crippen LogP contribution in [0.2, 0.25) is 0 Å². The molecule has 10 heteroatoms. The first-order valence-electron chi connectivity index (χ1n) is 10.8. The Labute approximate surface area is 197 Å². The lowest BCUT2D eigenvalue weighted by atomic mass is 10.2. The second-order valence-corrected chi connectivity index (χ2v) is 6.81. The molecule has 0 saturated carbocycles. The number of hydrogen-bond donors (Lipinski definition) is 2. The van der Waals surface area contributed by atoms with Crippen molar-refractivity contribution in [2.24, 2.45) is 0 Å². The maximum atomic E-state index is 10.8.